The quantitative estimate of drug-likeness (QED) is 0.389. The second kappa shape index (κ2) is 11.5. The van der Waals surface area contributed by atoms with Crippen LogP contribution in [0.2, 0.25) is 0 Å². The summed E-state index contributed by atoms with van der Waals surface area (Å²) in [6, 6.07) is 19.2. The molecule has 0 radical (unpaired) electrons. The van der Waals surface area contributed by atoms with E-state index in [0.717, 1.165) is 11.3 Å². The summed E-state index contributed by atoms with van der Waals surface area (Å²) in [6.45, 7) is 1.08. The van der Waals surface area contributed by atoms with Crippen LogP contribution in [-0.2, 0) is 16.1 Å². The second-order valence-corrected chi connectivity index (χ2v) is 8.74. The van der Waals surface area contributed by atoms with Gasteiger partial charge in [-0.15, -0.1) is 0 Å². The highest BCUT2D eigenvalue weighted by Crippen LogP contribution is 2.23. The highest BCUT2D eigenvalue weighted by molar-refractivity contribution is 6.11. The highest BCUT2D eigenvalue weighted by atomic mass is 16.5. The Bertz CT molecular complexity index is 1260. The molecule has 0 aliphatic carbocycles. The zero-order valence-electron chi connectivity index (χ0n) is 20.1. The molecular formula is C28H29N3O5. The number of rotatable bonds is 8. The van der Waals surface area contributed by atoms with E-state index in [2.05, 4.69) is 5.32 Å². The van der Waals surface area contributed by atoms with E-state index in [0.29, 0.717) is 38.0 Å². The average molecular weight is 488 g/mol. The number of ketones is 1. The van der Waals surface area contributed by atoms with E-state index in [9.17, 15) is 19.2 Å². The largest absolute Gasteiger partial charge is 0.497 e. The molecule has 2 heterocycles. The van der Waals surface area contributed by atoms with E-state index in [1.54, 1.807) is 54.5 Å². The lowest BCUT2D eigenvalue weighted by Gasteiger charge is -2.33. The van der Waals surface area contributed by atoms with Crippen molar-refractivity contribution in [3.8, 4) is 5.75 Å². The topological polar surface area (TPSA) is 97.7 Å². The van der Waals surface area contributed by atoms with Gasteiger partial charge < -0.3 is 15.0 Å². The molecule has 8 heteroatoms. The van der Waals surface area contributed by atoms with Gasteiger partial charge in [-0.3, -0.25) is 23.7 Å². The van der Waals surface area contributed by atoms with Gasteiger partial charge in [0.25, 0.3) is 11.5 Å². The number of hydrogen-bond acceptors (Lipinski definition) is 5. The molecule has 1 atom stereocenters. The number of pyridine rings is 1. The van der Waals surface area contributed by atoms with Gasteiger partial charge in [0, 0.05) is 43.4 Å². The van der Waals surface area contributed by atoms with Gasteiger partial charge in [0.15, 0.2) is 11.8 Å². The van der Waals surface area contributed by atoms with Crippen molar-refractivity contribution in [3.05, 3.63) is 100 Å². The first kappa shape index (κ1) is 24.9. The summed E-state index contributed by atoms with van der Waals surface area (Å²) in [5.74, 6) is -0.407. The predicted molar refractivity (Wildman–Crippen MR) is 135 cm³/mol. The Balaban J connectivity index is 1.41. The predicted octanol–water partition coefficient (Wildman–Crippen LogP) is 2.84. The zero-order valence-corrected chi connectivity index (χ0v) is 20.1. The number of methoxy groups -OCH3 is 1. The van der Waals surface area contributed by atoms with E-state index in [1.165, 1.54) is 16.8 Å². The molecule has 1 aliphatic heterocycles. The number of carbonyl (C=O) groups is 3. The summed E-state index contributed by atoms with van der Waals surface area (Å²) < 4.78 is 6.34. The number of hydrogen-bond donors (Lipinski definition) is 1. The number of nitrogens with zero attached hydrogens (tertiary/aromatic N) is 2. The fourth-order valence-corrected chi connectivity index (χ4v) is 4.38. The van der Waals surface area contributed by atoms with Crippen molar-refractivity contribution >= 4 is 17.6 Å². The number of piperidine rings is 1. The molecule has 1 N–H and O–H groups in total. The van der Waals surface area contributed by atoms with Crippen molar-refractivity contribution in [3.63, 3.8) is 0 Å². The number of aromatic nitrogens is 1. The Morgan fingerprint density at radius 2 is 1.61 bits per heavy atom. The van der Waals surface area contributed by atoms with E-state index >= 15 is 0 Å². The lowest BCUT2D eigenvalue weighted by molar-refractivity contribution is -0.137. The molecule has 0 bridgehead atoms. The third-order valence-corrected chi connectivity index (χ3v) is 6.47. The standard InChI is InChI=1S/C28H29N3O5/c1-36-23-12-10-20(11-13-23)19-29-27(34)22-14-17-30(18-15-22)28(35)25(31-16-6-5-9-24(31)32)26(33)21-7-3-2-4-8-21/h2-13,16,22,25H,14-15,17-19H2,1H3,(H,29,34)/t25-/m0/s1. The maximum atomic E-state index is 13.5. The van der Waals surface area contributed by atoms with Crippen molar-refractivity contribution in [1.29, 1.82) is 0 Å². The summed E-state index contributed by atoms with van der Waals surface area (Å²) in [5, 5.41) is 2.96. The Hall–Kier alpha value is -4.20. The number of Topliss-reactive ketones (excluding diaryl/α,β-unsaturated/α-hetero) is 1. The minimum absolute atomic E-state index is 0.0610. The van der Waals surface area contributed by atoms with Crippen LogP contribution in [0.15, 0.2) is 83.8 Å². The first-order valence-corrected chi connectivity index (χ1v) is 11.9. The van der Waals surface area contributed by atoms with E-state index in [1.807, 2.05) is 24.3 Å². The van der Waals surface area contributed by atoms with Crippen LogP contribution in [0.1, 0.15) is 34.8 Å². The number of carbonyl (C=O) groups excluding carboxylic acids is 3. The van der Waals surface area contributed by atoms with Crippen LogP contribution in [0.3, 0.4) is 0 Å². The minimum atomic E-state index is -1.29. The molecule has 1 saturated heterocycles. The lowest BCUT2D eigenvalue weighted by Crippen LogP contribution is -2.48. The molecule has 2 amide bonds. The number of amides is 2. The zero-order chi connectivity index (χ0) is 25.5. The van der Waals surface area contributed by atoms with Gasteiger partial charge in [-0.2, -0.15) is 0 Å². The molecule has 3 aromatic rings. The molecule has 0 spiro atoms. The van der Waals surface area contributed by atoms with Crippen LogP contribution in [0.4, 0.5) is 0 Å². The van der Waals surface area contributed by atoms with Crippen molar-refractivity contribution in [1.82, 2.24) is 14.8 Å². The summed E-state index contributed by atoms with van der Waals surface area (Å²) in [5.41, 5.74) is 0.902. The fraction of sp³-hybridized carbons (Fsp3) is 0.286. The number of nitrogens with one attached hydrogen (secondary N) is 1. The van der Waals surface area contributed by atoms with Crippen LogP contribution < -0.4 is 15.6 Å². The van der Waals surface area contributed by atoms with Crippen molar-refractivity contribution in [2.24, 2.45) is 5.92 Å². The molecule has 8 nitrogen and oxygen atoms in total. The van der Waals surface area contributed by atoms with Gasteiger partial charge in [-0.05, 0) is 36.6 Å². The second-order valence-electron chi connectivity index (χ2n) is 8.74. The lowest BCUT2D eigenvalue weighted by atomic mass is 9.94. The van der Waals surface area contributed by atoms with E-state index < -0.39 is 23.3 Å². The van der Waals surface area contributed by atoms with E-state index in [4.69, 9.17) is 4.74 Å². The highest BCUT2D eigenvalue weighted by Gasteiger charge is 2.36. The minimum Gasteiger partial charge on any atom is -0.497 e. The van der Waals surface area contributed by atoms with Crippen LogP contribution in [-0.4, -0.2) is 47.3 Å². The first-order valence-electron chi connectivity index (χ1n) is 11.9. The maximum Gasteiger partial charge on any atom is 0.253 e. The van der Waals surface area contributed by atoms with Gasteiger partial charge in [0.05, 0.1) is 7.11 Å². The number of benzene rings is 2. The van der Waals surface area contributed by atoms with Gasteiger partial charge in [0.1, 0.15) is 5.75 Å². The normalized spacial score (nSPS) is 14.6. The first-order chi connectivity index (χ1) is 17.5. The Morgan fingerprint density at radius 3 is 2.25 bits per heavy atom. The SMILES string of the molecule is COc1ccc(CNC(=O)C2CCN(C(=O)[C@H](C(=O)c3ccccc3)n3ccccc3=O)CC2)cc1. The fourth-order valence-electron chi connectivity index (χ4n) is 4.38. The third kappa shape index (κ3) is 5.71. The summed E-state index contributed by atoms with van der Waals surface area (Å²) >= 11 is 0. The molecule has 186 valence electrons. The van der Waals surface area contributed by atoms with Gasteiger partial charge in [-0.25, -0.2) is 0 Å². The summed E-state index contributed by atoms with van der Waals surface area (Å²) in [7, 11) is 1.60. The van der Waals surface area contributed by atoms with Crippen molar-refractivity contribution in [2.75, 3.05) is 20.2 Å². The third-order valence-electron chi connectivity index (χ3n) is 6.47. The monoisotopic (exact) mass is 487 g/mol. The maximum absolute atomic E-state index is 13.5. The molecule has 1 fully saturated rings. The molecule has 4 rings (SSSR count). The Morgan fingerprint density at radius 1 is 0.944 bits per heavy atom. The van der Waals surface area contributed by atoms with Gasteiger partial charge in [0.2, 0.25) is 5.91 Å². The molecule has 0 unspecified atom stereocenters. The van der Waals surface area contributed by atoms with Crippen LogP contribution >= 0.6 is 0 Å². The smallest absolute Gasteiger partial charge is 0.253 e. The number of likely N-dealkylation sites (tertiary alicyclic amines) is 1. The van der Waals surface area contributed by atoms with Gasteiger partial charge >= 0.3 is 0 Å². The molecule has 0 saturated carbocycles. The Kier molecular flexibility index (Phi) is 7.95. The Labute approximate surface area is 209 Å². The average Bonchev–Trinajstić information content (AvgIpc) is 2.93. The molecule has 1 aliphatic rings. The van der Waals surface area contributed by atoms with Crippen LogP contribution in [0, 0.1) is 5.92 Å². The molecule has 2 aromatic carbocycles. The van der Waals surface area contributed by atoms with Gasteiger partial charge in [-0.1, -0.05) is 48.5 Å². The molecular weight excluding hydrogens is 458 g/mol. The number of ether oxygens (including phenoxy) is 1. The van der Waals surface area contributed by atoms with Crippen molar-refractivity contribution in [2.45, 2.75) is 25.4 Å². The molecule has 1 aromatic heterocycles. The van der Waals surface area contributed by atoms with Crippen LogP contribution in [0.5, 0.6) is 5.75 Å². The summed E-state index contributed by atoms with van der Waals surface area (Å²) in [6.07, 6.45) is 2.43. The van der Waals surface area contributed by atoms with Crippen LogP contribution in [0.25, 0.3) is 0 Å². The van der Waals surface area contributed by atoms with Crippen molar-refractivity contribution < 1.29 is 19.1 Å². The van der Waals surface area contributed by atoms with E-state index in [-0.39, 0.29) is 11.8 Å². The summed E-state index contributed by atoms with van der Waals surface area (Å²) in [4.78, 5) is 53.7. The molecule has 36 heavy (non-hydrogen) atoms.